The molecule has 20 heavy (non-hydrogen) atoms. The molecule has 5 heteroatoms. The van der Waals surface area contributed by atoms with E-state index in [1.54, 1.807) is 7.11 Å². The fourth-order valence-corrected chi connectivity index (χ4v) is 3.12. The van der Waals surface area contributed by atoms with Crippen LogP contribution in [0.25, 0.3) is 10.1 Å². The van der Waals surface area contributed by atoms with Gasteiger partial charge in [-0.3, -0.25) is 4.79 Å². The van der Waals surface area contributed by atoms with Crippen molar-refractivity contribution in [3.05, 3.63) is 28.6 Å². The Morgan fingerprint density at radius 2 is 2.25 bits per heavy atom. The summed E-state index contributed by atoms with van der Waals surface area (Å²) < 4.78 is 6.13. The minimum Gasteiger partial charge on any atom is -0.397 e. The molecule has 0 spiro atoms. The molecule has 1 aromatic heterocycles. The van der Waals surface area contributed by atoms with Crippen LogP contribution in [0.1, 0.15) is 28.6 Å². The van der Waals surface area contributed by atoms with E-state index in [1.807, 2.05) is 32.0 Å². The Bertz CT molecular complexity index is 622. The smallest absolute Gasteiger partial charge is 0.263 e. The normalized spacial score (nSPS) is 12.6. The van der Waals surface area contributed by atoms with Crippen LogP contribution in [0.5, 0.6) is 0 Å². The molecule has 1 atom stereocenters. The molecule has 0 aliphatic heterocycles. The zero-order valence-corrected chi connectivity index (χ0v) is 12.8. The van der Waals surface area contributed by atoms with Crippen molar-refractivity contribution < 1.29 is 9.53 Å². The third kappa shape index (κ3) is 2.94. The third-order valence-electron chi connectivity index (χ3n) is 3.28. The Hall–Kier alpha value is -1.59. The van der Waals surface area contributed by atoms with Gasteiger partial charge >= 0.3 is 0 Å². The van der Waals surface area contributed by atoms with E-state index in [4.69, 9.17) is 10.5 Å². The number of carbonyl (C=O) groups is 1. The van der Waals surface area contributed by atoms with Gasteiger partial charge in [0, 0.05) is 17.2 Å². The van der Waals surface area contributed by atoms with E-state index in [0.29, 0.717) is 17.2 Å². The highest BCUT2D eigenvalue weighted by Crippen LogP contribution is 2.34. The van der Waals surface area contributed by atoms with E-state index in [-0.39, 0.29) is 11.9 Å². The van der Waals surface area contributed by atoms with Crippen molar-refractivity contribution in [1.82, 2.24) is 5.32 Å². The van der Waals surface area contributed by atoms with Gasteiger partial charge in [0.25, 0.3) is 5.91 Å². The number of nitrogens with one attached hydrogen (secondary N) is 1. The van der Waals surface area contributed by atoms with Crippen LogP contribution in [0.15, 0.2) is 18.2 Å². The highest BCUT2D eigenvalue weighted by Gasteiger charge is 2.18. The fraction of sp³-hybridized carbons (Fsp3) is 0.400. The highest BCUT2D eigenvalue weighted by molar-refractivity contribution is 7.21. The second kappa shape index (κ2) is 6.24. The zero-order valence-electron chi connectivity index (χ0n) is 12.0. The number of thiophene rings is 1. The number of amides is 1. The topological polar surface area (TPSA) is 64.3 Å². The maximum Gasteiger partial charge on any atom is 0.263 e. The van der Waals surface area contributed by atoms with Crippen molar-refractivity contribution in [2.45, 2.75) is 26.3 Å². The molecule has 0 radical (unpaired) electrons. The van der Waals surface area contributed by atoms with Gasteiger partial charge in [0.2, 0.25) is 0 Å². The summed E-state index contributed by atoms with van der Waals surface area (Å²) >= 11 is 1.43. The van der Waals surface area contributed by atoms with Gasteiger partial charge in [-0.2, -0.15) is 0 Å². The second-order valence-corrected chi connectivity index (χ2v) is 5.93. The first-order valence-electron chi connectivity index (χ1n) is 6.65. The Balaban J connectivity index is 2.28. The summed E-state index contributed by atoms with van der Waals surface area (Å²) in [6.07, 6.45) is 0.823. The van der Waals surface area contributed by atoms with E-state index in [0.717, 1.165) is 22.1 Å². The quantitative estimate of drug-likeness (QED) is 0.890. The number of methoxy groups -OCH3 is 1. The van der Waals surface area contributed by atoms with E-state index < -0.39 is 0 Å². The number of benzene rings is 1. The predicted molar refractivity (Wildman–Crippen MR) is 84.4 cm³/mol. The van der Waals surface area contributed by atoms with E-state index in [9.17, 15) is 4.79 Å². The molecular weight excluding hydrogens is 272 g/mol. The lowest BCUT2D eigenvalue weighted by atomic mass is 10.1. The molecule has 0 saturated carbocycles. The minimum absolute atomic E-state index is 0.0128. The van der Waals surface area contributed by atoms with Crippen LogP contribution in [0.3, 0.4) is 0 Å². The van der Waals surface area contributed by atoms with Crippen LogP contribution in [0.2, 0.25) is 0 Å². The van der Waals surface area contributed by atoms with Crippen molar-refractivity contribution in [2.75, 3.05) is 19.5 Å². The lowest BCUT2D eigenvalue weighted by molar-refractivity contribution is 0.0899. The van der Waals surface area contributed by atoms with Gasteiger partial charge in [-0.05, 0) is 25.5 Å². The van der Waals surface area contributed by atoms with Crippen LogP contribution in [0, 0.1) is 6.92 Å². The van der Waals surface area contributed by atoms with Gasteiger partial charge in [-0.15, -0.1) is 11.3 Å². The molecule has 0 aliphatic rings. The number of ether oxygens (including phenoxy) is 1. The summed E-state index contributed by atoms with van der Waals surface area (Å²) in [5.74, 6) is -0.120. The van der Waals surface area contributed by atoms with Gasteiger partial charge in [0.05, 0.1) is 18.3 Å². The maximum absolute atomic E-state index is 12.3. The predicted octanol–water partition coefficient (Wildman–Crippen LogP) is 2.95. The van der Waals surface area contributed by atoms with Crippen molar-refractivity contribution in [1.29, 1.82) is 0 Å². The number of carbonyl (C=O) groups excluding carboxylic acids is 1. The van der Waals surface area contributed by atoms with E-state index >= 15 is 0 Å². The monoisotopic (exact) mass is 292 g/mol. The first-order valence-corrected chi connectivity index (χ1v) is 7.46. The van der Waals surface area contributed by atoms with Crippen LogP contribution in [0.4, 0.5) is 5.69 Å². The van der Waals surface area contributed by atoms with Gasteiger partial charge < -0.3 is 15.8 Å². The molecule has 0 fully saturated rings. The minimum atomic E-state index is -0.120. The summed E-state index contributed by atoms with van der Waals surface area (Å²) in [5, 5.41) is 3.93. The summed E-state index contributed by atoms with van der Waals surface area (Å²) in [7, 11) is 1.63. The SMILES string of the molecule is CCC(COC)NC(=O)c1sc2ccc(C)cc2c1N. The average Bonchev–Trinajstić information content (AvgIpc) is 2.75. The molecule has 108 valence electrons. The van der Waals surface area contributed by atoms with Gasteiger partial charge in [-0.25, -0.2) is 0 Å². The summed E-state index contributed by atoms with van der Waals surface area (Å²) in [6, 6.07) is 6.07. The number of nitrogens with two attached hydrogens (primary N) is 1. The number of hydrogen-bond donors (Lipinski definition) is 2. The van der Waals surface area contributed by atoms with Crippen LogP contribution in [-0.2, 0) is 4.74 Å². The Morgan fingerprint density at radius 1 is 1.50 bits per heavy atom. The van der Waals surface area contributed by atoms with Crippen LogP contribution >= 0.6 is 11.3 Å². The summed E-state index contributed by atoms with van der Waals surface area (Å²) in [6.45, 7) is 4.54. The first kappa shape index (κ1) is 14.8. The van der Waals surface area contributed by atoms with E-state index in [1.165, 1.54) is 11.3 Å². The number of nitrogen functional groups attached to an aromatic ring is 1. The molecule has 0 aliphatic carbocycles. The zero-order chi connectivity index (χ0) is 14.7. The second-order valence-electron chi connectivity index (χ2n) is 4.88. The standard InChI is InChI=1S/C15H20N2O2S/c1-4-10(8-19-3)17-15(18)14-13(16)11-7-9(2)5-6-12(11)20-14/h5-7,10H,4,8,16H2,1-3H3,(H,17,18). The molecule has 0 saturated heterocycles. The van der Waals surface area contributed by atoms with Crippen molar-refractivity contribution in [3.8, 4) is 0 Å². The number of hydrogen-bond acceptors (Lipinski definition) is 4. The molecule has 1 amide bonds. The highest BCUT2D eigenvalue weighted by atomic mass is 32.1. The molecule has 3 N–H and O–H groups in total. The van der Waals surface area contributed by atoms with Crippen molar-refractivity contribution in [3.63, 3.8) is 0 Å². The average molecular weight is 292 g/mol. The van der Waals surface area contributed by atoms with Gasteiger partial charge in [0.15, 0.2) is 0 Å². The van der Waals surface area contributed by atoms with E-state index in [2.05, 4.69) is 5.32 Å². The fourth-order valence-electron chi connectivity index (χ4n) is 2.11. The molecule has 1 aromatic carbocycles. The number of aryl methyl sites for hydroxylation is 1. The Morgan fingerprint density at radius 3 is 2.90 bits per heavy atom. The number of fused-ring (bicyclic) bond motifs is 1. The summed E-state index contributed by atoms with van der Waals surface area (Å²) in [5.41, 5.74) is 7.82. The lowest BCUT2D eigenvalue weighted by Gasteiger charge is -2.15. The lowest BCUT2D eigenvalue weighted by Crippen LogP contribution is -2.37. The Kier molecular flexibility index (Phi) is 4.62. The Labute approximate surface area is 122 Å². The third-order valence-corrected chi connectivity index (χ3v) is 4.47. The van der Waals surface area contributed by atoms with Crippen molar-refractivity contribution in [2.24, 2.45) is 0 Å². The molecule has 2 rings (SSSR count). The number of anilines is 1. The van der Waals surface area contributed by atoms with Gasteiger partial charge in [-0.1, -0.05) is 18.6 Å². The molecule has 1 heterocycles. The molecule has 4 nitrogen and oxygen atoms in total. The molecule has 2 aromatic rings. The molecule has 0 bridgehead atoms. The van der Waals surface area contributed by atoms with Crippen LogP contribution in [-0.4, -0.2) is 25.7 Å². The summed E-state index contributed by atoms with van der Waals surface area (Å²) in [4.78, 5) is 12.9. The number of rotatable bonds is 5. The van der Waals surface area contributed by atoms with Crippen molar-refractivity contribution >= 4 is 33.0 Å². The maximum atomic E-state index is 12.3. The molecular formula is C15H20N2O2S. The first-order chi connectivity index (χ1) is 9.56. The van der Waals surface area contributed by atoms with Crippen LogP contribution < -0.4 is 11.1 Å². The van der Waals surface area contributed by atoms with Gasteiger partial charge in [0.1, 0.15) is 4.88 Å². The molecule has 1 unspecified atom stereocenters. The largest absolute Gasteiger partial charge is 0.397 e.